The predicted molar refractivity (Wildman–Crippen MR) is 51.6 cm³/mol. The lowest BCUT2D eigenvalue weighted by Gasteiger charge is -2.58. The van der Waals surface area contributed by atoms with Gasteiger partial charge in [0.05, 0.1) is 12.1 Å². The number of carbonyl (C=O) groups is 1. The number of carboxylic acid groups (broad SMARTS) is 1. The van der Waals surface area contributed by atoms with E-state index in [2.05, 4.69) is 0 Å². The summed E-state index contributed by atoms with van der Waals surface area (Å²) in [4.78, 5) is 10.9. The highest BCUT2D eigenvalue weighted by atomic mass is 16.4. The van der Waals surface area contributed by atoms with Crippen LogP contribution < -0.4 is 5.11 Å². The maximum Gasteiger partial charge on any atom is 0.0989 e. The summed E-state index contributed by atoms with van der Waals surface area (Å²) in [6, 6.07) is 0. The minimum Gasteiger partial charge on any atom is -0.547 e. The van der Waals surface area contributed by atoms with Gasteiger partial charge in [0.2, 0.25) is 0 Å². The highest BCUT2D eigenvalue weighted by Gasteiger charge is 2.54. The van der Waals surface area contributed by atoms with Crippen LogP contribution in [0.25, 0.3) is 0 Å². The molecule has 0 spiro atoms. The number of carbonyl (C=O) groups excluding carboxylic acids is 1. The van der Waals surface area contributed by atoms with Crippen molar-refractivity contribution in [3.8, 4) is 0 Å². The fraction of sp³-hybridized carbons (Fsp3) is 0.917. The van der Waals surface area contributed by atoms with E-state index in [4.69, 9.17) is 0 Å². The Bertz CT molecular complexity index is 262. The Morgan fingerprint density at radius 1 is 1.13 bits per heavy atom. The van der Waals surface area contributed by atoms with Crippen molar-refractivity contribution < 1.29 is 15.0 Å². The first-order valence-corrected chi connectivity index (χ1v) is 5.98. The van der Waals surface area contributed by atoms with Gasteiger partial charge in [0.15, 0.2) is 0 Å². The Balaban J connectivity index is 1.89. The van der Waals surface area contributed by atoms with Gasteiger partial charge in [0.25, 0.3) is 0 Å². The van der Waals surface area contributed by atoms with Crippen LogP contribution in [0.1, 0.15) is 38.5 Å². The summed E-state index contributed by atoms with van der Waals surface area (Å²) in [6.07, 6.45) is 5.29. The molecule has 0 aromatic rings. The van der Waals surface area contributed by atoms with E-state index in [-0.39, 0.29) is 5.41 Å². The molecule has 0 aromatic heterocycles. The van der Waals surface area contributed by atoms with Crippen LogP contribution in [-0.4, -0.2) is 17.2 Å². The van der Waals surface area contributed by atoms with Crippen LogP contribution >= 0.6 is 0 Å². The summed E-state index contributed by atoms with van der Waals surface area (Å²) in [5.74, 6) is 0.748. The Labute approximate surface area is 89.5 Å². The van der Waals surface area contributed by atoms with Gasteiger partial charge in [-0.2, -0.15) is 0 Å². The molecule has 0 heterocycles. The van der Waals surface area contributed by atoms with Crippen LogP contribution in [0.4, 0.5) is 0 Å². The van der Waals surface area contributed by atoms with Gasteiger partial charge in [-0.25, -0.2) is 0 Å². The van der Waals surface area contributed by atoms with E-state index in [0.29, 0.717) is 17.8 Å². The third kappa shape index (κ3) is 1.32. The van der Waals surface area contributed by atoms with Crippen LogP contribution in [0.5, 0.6) is 0 Å². The Hall–Kier alpha value is -0.570. The molecule has 0 saturated heterocycles. The smallest absolute Gasteiger partial charge is 0.0989 e. The molecular formula is C12H17O3-. The number of hydrogen-bond acceptors (Lipinski definition) is 3. The van der Waals surface area contributed by atoms with Crippen molar-refractivity contribution in [2.75, 3.05) is 0 Å². The van der Waals surface area contributed by atoms with Crippen molar-refractivity contribution in [2.45, 2.75) is 44.6 Å². The number of aliphatic hydroxyl groups is 1. The van der Waals surface area contributed by atoms with Crippen molar-refractivity contribution in [3.63, 3.8) is 0 Å². The molecule has 0 radical (unpaired) electrons. The number of hydrogen-bond donors (Lipinski definition) is 1. The average Bonchev–Trinajstić information content (AvgIpc) is 2.14. The lowest BCUT2D eigenvalue weighted by molar-refractivity contribution is -0.323. The molecule has 0 amide bonds. The van der Waals surface area contributed by atoms with Crippen molar-refractivity contribution in [1.29, 1.82) is 0 Å². The van der Waals surface area contributed by atoms with Crippen LogP contribution in [0.3, 0.4) is 0 Å². The minimum absolute atomic E-state index is 0.326. The van der Waals surface area contributed by atoms with Crippen molar-refractivity contribution >= 4 is 5.97 Å². The molecular weight excluding hydrogens is 192 g/mol. The summed E-state index contributed by atoms with van der Waals surface area (Å²) in [5.41, 5.74) is -0.326. The van der Waals surface area contributed by atoms with Gasteiger partial charge in [-0.05, 0) is 56.3 Å². The lowest BCUT2D eigenvalue weighted by atomic mass is 9.48. The van der Waals surface area contributed by atoms with Gasteiger partial charge in [-0.1, -0.05) is 0 Å². The van der Waals surface area contributed by atoms with Crippen LogP contribution in [0.2, 0.25) is 0 Å². The van der Waals surface area contributed by atoms with E-state index < -0.39 is 12.1 Å². The van der Waals surface area contributed by atoms with Crippen LogP contribution in [0.15, 0.2) is 0 Å². The van der Waals surface area contributed by atoms with Gasteiger partial charge in [0.1, 0.15) is 0 Å². The molecule has 4 aliphatic rings. The molecule has 3 heteroatoms. The Morgan fingerprint density at radius 2 is 1.53 bits per heavy atom. The second-order valence-corrected chi connectivity index (χ2v) is 6.00. The summed E-state index contributed by atoms with van der Waals surface area (Å²) in [7, 11) is 0. The second-order valence-electron chi connectivity index (χ2n) is 6.00. The number of carboxylic acids is 1. The fourth-order valence-electron chi connectivity index (χ4n) is 4.76. The normalized spacial score (nSPS) is 49.3. The molecule has 3 nitrogen and oxygen atoms in total. The predicted octanol–water partition coefficient (Wildman–Crippen LogP) is 0.314. The molecule has 1 N–H and O–H groups in total. The third-order valence-corrected chi connectivity index (χ3v) is 4.89. The quantitative estimate of drug-likeness (QED) is 0.712. The van der Waals surface area contributed by atoms with Crippen molar-refractivity contribution in [1.82, 2.24) is 0 Å². The fourth-order valence-corrected chi connectivity index (χ4v) is 4.76. The van der Waals surface area contributed by atoms with Crippen LogP contribution in [0, 0.1) is 23.2 Å². The zero-order valence-corrected chi connectivity index (χ0v) is 8.82. The Morgan fingerprint density at radius 3 is 1.87 bits per heavy atom. The van der Waals surface area contributed by atoms with Crippen LogP contribution in [-0.2, 0) is 4.79 Å². The first kappa shape index (κ1) is 9.64. The summed E-state index contributed by atoms with van der Waals surface area (Å²) in [5, 5.41) is 20.7. The van der Waals surface area contributed by atoms with Gasteiger partial charge < -0.3 is 15.0 Å². The van der Waals surface area contributed by atoms with Crippen molar-refractivity contribution in [2.24, 2.45) is 23.2 Å². The van der Waals surface area contributed by atoms with E-state index in [9.17, 15) is 15.0 Å². The molecule has 4 aliphatic carbocycles. The molecule has 1 unspecified atom stereocenters. The molecule has 84 valence electrons. The van der Waals surface area contributed by atoms with E-state index >= 15 is 0 Å². The summed E-state index contributed by atoms with van der Waals surface area (Å²) >= 11 is 0. The lowest BCUT2D eigenvalue weighted by Crippen LogP contribution is -2.56. The second kappa shape index (κ2) is 2.97. The standard InChI is InChI=1S/C12H18O3/c13-10(11(14)15)12-4-7-1-8(5-12)3-9(2-7)6-12/h7-10,13H,1-6H2,(H,14,15)/p-1. The first-order chi connectivity index (χ1) is 7.09. The largest absolute Gasteiger partial charge is 0.547 e. The highest BCUT2D eigenvalue weighted by molar-refractivity contribution is 5.71. The number of rotatable bonds is 2. The molecule has 0 aliphatic heterocycles. The zero-order chi connectivity index (χ0) is 10.6. The first-order valence-electron chi connectivity index (χ1n) is 5.98. The number of aliphatic carboxylic acids is 1. The minimum atomic E-state index is -1.27. The SMILES string of the molecule is O=C([O-])C(O)C12CC3CC(CC(C3)C1)C2. The van der Waals surface area contributed by atoms with E-state index in [1.54, 1.807) is 0 Å². The van der Waals surface area contributed by atoms with E-state index in [1.807, 2.05) is 0 Å². The molecule has 4 fully saturated rings. The highest BCUT2D eigenvalue weighted by Crippen LogP contribution is 2.61. The maximum absolute atomic E-state index is 10.9. The van der Waals surface area contributed by atoms with E-state index in [0.717, 1.165) is 19.3 Å². The van der Waals surface area contributed by atoms with Gasteiger partial charge in [-0.3, -0.25) is 0 Å². The molecule has 4 bridgehead atoms. The van der Waals surface area contributed by atoms with E-state index in [1.165, 1.54) is 19.3 Å². The molecule has 1 atom stereocenters. The summed E-state index contributed by atoms with van der Waals surface area (Å²) in [6.45, 7) is 0. The average molecular weight is 209 g/mol. The van der Waals surface area contributed by atoms with Crippen molar-refractivity contribution in [3.05, 3.63) is 0 Å². The van der Waals surface area contributed by atoms with Gasteiger partial charge in [0, 0.05) is 5.41 Å². The number of aliphatic hydroxyl groups excluding tert-OH is 1. The summed E-state index contributed by atoms with van der Waals surface area (Å²) < 4.78 is 0. The van der Waals surface area contributed by atoms with Gasteiger partial charge >= 0.3 is 0 Å². The third-order valence-electron chi connectivity index (χ3n) is 4.89. The molecule has 4 saturated carbocycles. The zero-order valence-electron chi connectivity index (χ0n) is 8.82. The monoisotopic (exact) mass is 209 g/mol. The topological polar surface area (TPSA) is 60.4 Å². The molecule has 15 heavy (non-hydrogen) atoms. The Kier molecular flexibility index (Phi) is 1.91. The molecule has 4 rings (SSSR count). The van der Waals surface area contributed by atoms with Gasteiger partial charge in [-0.15, -0.1) is 0 Å². The maximum atomic E-state index is 10.9. The molecule has 0 aromatic carbocycles.